The molecule has 10 nitrogen and oxygen atoms in total. The number of aromatic nitrogens is 1. The van der Waals surface area contributed by atoms with Gasteiger partial charge in [0.1, 0.15) is 12.1 Å². The Bertz CT molecular complexity index is 1290. The number of benzene rings is 2. The molecule has 1 aromatic heterocycles. The summed E-state index contributed by atoms with van der Waals surface area (Å²) in [7, 11) is 0. The second kappa shape index (κ2) is 12.9. The fraction of sp³-hybridized carbons (Fsp3) is 0.423. The lowest BCUT2D eigenvalue weighted by Crippen LogP contribution is -2.44. The summed E-state index contributed by atoms with van der Waals surface area (Å²) in [6.07, 6.45) is 0.504. The number of aliphatic hydroxyl groups excluding tert-OH is 1. The third-order valence-corrected chi connectivity index (χ3v) is 6.75. The largest absolute Gasteiger partial charge is 0.419 e. The van der Waals surface area contributed by atoms with Crippen LogP contribution in [0.1, 0.15) is 12.0 Å². The minimum atomic E-state index is -0.746. The molecular formula is C26H31N5O5S. The van der Waals surface area contributed by atoms with Gasteiger partial charge in [-0.1, -0.05) is 43.1 Å². The van der Waals surface area contributed by atoms with Crippen LogP contribution in [0.25, 0.3) is 22.2 Å². The Labute approximate surface area is 220 Å². The van der Waals surface area contributed by atoms with Gasteiger partial charge in [0.25, 0.3) is 5.91 Å². The lowest BCUT2D eigenvalue weighted by molar-refractivity contribution is -0.138. The Kier molecular flexibility index (Phi) is 9.38. The maximum absolute atomic E-state index is 12.8. The first-order valence-corrected chi connectivity index (χ1v) is 12.7. The number of carbonyl (C=O) groups is 1. The second-order valence-corrected chi connectivity index (χ2v) is 9.25. The molecule has 0 radical (unpaired) electrons. The lowest BCUT2D eigenvalue weighted by Gasteiger charge is -2.25. The monoisotopic (exact) mass is 525 g/mol. The molecular weight excluding hydrogens is 494 g/mol. The first kappa shape index (κ1) is 26.9. The van der Waals surface area contributed by atoms with Gasteiger partial charge in [0.15, 0.2) is 5.58 Å². The van der Waals surface area contributed by atoms with E-state index in [0.29, 0.717) is 50.3 Å². The van der Waals surface area contributed by atoms with E-state index < -0.39 is 17.9 Å². The third kappa shape index (κ3) is 6.60. The average Bonchev–Trinajstić information content (AvgIpc) is 3.07. The molecule has 1 saturated heterocycles. The second-order valence-electron chi connectivity index (χ2n) is 8.82. The molecule has 3 aromatic rings. The van der Waals surface area contributed by atoms with Crippen LogP contribution in [0.5, 0.6) is 0 Å². The fourth-order valence-electron chi connectivity index (χ4n) is 4.27. The van der Waals surface area contributed by atoms with Crippen LogP contribution in [0, 0.1) is 11.3 Å². The number of rotatable bonds is 10. The van der Waals surface area contributed by atoms with Crippen molar-refractivity contribution in [2.45, 2.75) is 31.5 Å². The first-order valence-electron chi connectivity index (χ1n) is 12.3. The molecule has 0 aliphatic carbocycles. The lowest BCUT2D eigenvalue weighted by atomic mass is 10.0. The van der Waals surface area contributed by atoms with Gasteiger partial charge in [0, 0.05) is 39.2 Å². The van der Waals surface area contributed by atoms with Crippen molar-refractivity contribution < 1.29 is 19.1 Å². The molecule has 196 valence electrons. The highest BCUT2D eigenvalue weighted by molar-refractivity contribution is 7.78. The van der Waals surface area contributed by atoms with Crippen molar-refractivity contribution in [1.82, 2.24) is 19.5 Å². The van der Waals surface area contributed by atoms with Gasteiger partial charge >= 0.3 is 5.76 Å². The number of nitriles is 1. The summed E-state index contributed by atoms with van der Waals surface area (Å²) in [5.41, 5.74) is 3.95. The molecule has 0 spiro atoms. The van der Waals surface area contributed by atoms with Crippen molar-refractivity contribution in [1.29, 1.82) is 5.26 Å². The van der Waals surface area contributed by atoms with Crippen molar-refractivity contribution in [3.63, 3.8) is 0 Å². The standard InChI is InChI=1S/C26H31N5O5S/c27-16-21(31(37)25(33)24-17-29-8-1-13-35-24)14-18-2-4-19(5-3-18)20-6-7-23-22(15-20)30(26(34)36-23)11-9-28-10-12-32/h2-7,15,21,24,28-29,32,37H,1,8-14,17H2/t21-,24-/m0/s1. The minimum Gasteiger partial charge on any atom is -0.408 e. The van der Waals surface area contributed by atoms with Crippen molar-refractivity contribution in [2.75, 3.05) is 39.4 Å². The molecule has 1 fully saturated rings. The van der Waals surface area contributed by atoms with Crippen LogP contribution in [0.2, 0.25) is 0 Å². The zero-order chi connectivity index (χ0) is 26.2. The van der Waals surface area contributed by atoms with Crippen molar-refractivity contribution in [3.05, 3.63) is 58.6 Å². The predicted octanol–water partition coefficient (Wildman–Crippen LogP) is 1.33. The molecule has 1 aliphatic rings. The number of amides is 1. The quantitative estimate of drug-likeness (QED) is 0.230. The Morgan fingerprint density at radius 2 is 2.05 bits per heavy atom. The van der Waals surface area contributed by atoms with E-state index in [2.05, 4.69) is 29.5 Å². The van der Waals surface area contributed by atoms with Crippen molar-refractivity contribution >= 4 is 29.8 Å². The topological polar surface area (TPSA) is 133 Å². The number of aliphatic hydroxyl groups is 1. The highest BCUT2D eigenvalue weighted by atomic mass is 32.1. The highest BCUT2D eigenvalue weighted by Crippen LogP contribution is 2.25. The molecule has 37 heavy (non-hydrogen) atoms. The summed E-state index contributed by atoms with van der Waals surface area (Å²) in [6, 6.07) is 14.7. The zero-order valence-corrected chi connectivity index (χ0v) is 21.3. The van der Waals surface area contributed by atoms with E-state index in [4.69, 9.17) is 14.3 Å². The van der Waals surface area contributed by atoms with Gasteiger partial charge in [0.05, 0.1) is 18.2 Å². The minimum absolute atomic E-state index is 0.0328. The van der Waals surface area contributed by atoms with Crippen LogP contribution in [0.4, 0.5) is 0 Å². The van der Waals surface area contributed by atoms with Gasteiger partial charge < -0.3 is 24.9 Å². The molecule has 2 atom stereocenters. The van der Waals surface area contributed by atoms with Gasteiger partial charge in [-0.2, -0.15) is 5.26 Å². The van der Waals surface area contributed by atoms with Gasteiger partial charge in [0.2, 0.25) is 0 Å². The summed E-state index contributed by atoms with van der Waals surface area (Å²) in [5, 5.41) is 24.9. The van der Waals surface area contributed by atoms with Gasteiger partial charge in [-0.3, -0.25) is 13.7 Å². The van der Waals surface area contributed by atoms with E-state index in [-0.39, 0.29) is 12.5 Å². The third-order valence-electron chi connectivity index (χ3n) is 6.28. The van der Waals surface area contributed by atoms with Crippen LogP contribution in [0.15, 0.2) is 51.7 Å². The van der Waals surface area contributed by atoms with E-state index in [0.717, 1.165) is 29.7 Å². The molecule has 0 bridgehead atoms. The number of hydrogen-bond acceptors (Lipinski definition) is 9. The van der Waals surface area contributed by atoms with Crippen molar-refractivity contribution in [3.8, 4) is 17.2 Å². The van der Waals surface area contributed by atoms with Crippen LogP contribution in [-0.4, -0.2) is 71.4 Å². The van der Waals surface area contributed by atoms with Crippen molar-refractivity contribution in [2.24, 2.45) is 0 Å². The Balaban J connectivity index is 1.45. The Morgan fingerprint density at radius 1 is 1.27 bits per heavy atom. The number of thiol groups is 1. The van der Waals surface area contributed by atoms with Crippen LogP contribution < -0.4 is 16.4 Å². The predicted molar refractivity (Wildman–Crippen MR) is 142 cm³/mol. The SMILES string of the molecule is N#C[C@H](Cc1ccc(-c2ccc3oc(=O)n(CCNCCO)c3c2)cc1)N(S)C(=O)[C@@H]1CNCCCO1. The van der Waals surface area contributed by atoms with E-state index in [9.17, 15) is 14.9 Å². The number of carbonyl (C=O) groups excluding carboxylic acids is 1. The van der Waals surface area contributed by atoms with Gasteiger partial charge in [-0.15, -0.1) is 0 Å². The summed E-state index contributed by atoms with van der Waals surface area (Å²) in [6.45, 7) is 3.12. The molecule has 1 aliphatic heterocycles. The zero-order valence-electron chi connectivity index (χ0n) is 20.4. The summed E-state index contributed by atoms with van der Waals surface area (Å²) in [5.74, 6) is -0.751. The van der Waals surface area contributed by atoms with E-state index in [1.165, 1.54) is 4.31 Å². The summed E-state index contributed by atoms with van der Waals surface area (Å²) < 4.78 is 13.7. The van der Waals surface area contributed by atoms with Crippen LogP contribution in [-0.2, 0) is 22.5 Å². The Morgan fingerprint density at radius 3 is 2.81 bits per heavy atom. The molecule has 1 amide bonds. The fourth-order valence-corrected chi connectivity index (χ4v) is 4.53. The molecule has 3 N–H and O–H groups in total. The highest BCUT2D eigenvalue weighted by Gasteiger charge is 2.29. The molecule has 2 aromatic carbocycles. The molecule has 0 saturated carbocycles. The number of ether oxygens (including phenoxy) is 1. The summed E-state index contributed by atoms with van der Waals surface area (Å²) in [4.78, 5) is 25.1. The van der Waals surface area contributed by atoms with Gasteiger partial charge in [-0.25, -0.2) is 4.79 Å². The van der Waals surface area contributed by atoms with E-state index >= 15 is 0 Å². The molecule has 4 rings (SSSR count). The van der Waals surface area contributed by atoms with Gasteiger partial charge in [-0.05, 0) is 41.8 Å². The Hall–Kier alpha value is -3.14. The number of hydrogen-bond donors (Lipinski definition) is 4. The van der Waals surface area contributed by atoms with E-state index in [1.54, 1.807) is 10.6 Å². The number of oxazole rings is 1. The molecule has 2 heterocycles. The van der Waals surface area contributed by atoms with Crippen LogP contribution >= 0.6 is 12.8 Å². The normalized spacial score (nSPS) is 16.7. The molecule has 0 unspecified atom stereocenters. The van der Waals surface area contributed by atoms with E-state index in [1.807, 2.05) is 36.4 Å². The maximum Gasteiger partial charge on any atom is 0.419 e. The number of nitrogens with zero attached hydrogens (tertiary/aromatic N) is 3. The number of nitrogens with one attached hydrogen (secondary N) is 2. The average molecular weight is 526 g/mol. The van der Waals surface area contributed by atoms with Crippen LogP contribution in [0.3, 0.4) is 0 Å². The number of fused-ring (bicyclic) bond motifs is 1. The molecule has 11 heteroatoms. The first-order chi connectivity index (χ1) is 18.0. The maximum atomic E-state index is 12.8. The smallest absolute Gasteiger partial charge is 0.408 e. The summed E-state index contributed by atoms with van der Waals surface area (Å²) >= 11 is 4.33.